The Labute approximate surface area is 109 Å². The van der Waals surface area contributed by atoms with Crippen LogP contribution in [0, 0.1) is 11.7 Å². The number of ether oxygens (including phenoxy) is 2. The number of benzene rings is 1. The molecule has 3 nitrogen and oxygen atoms in total. The van der Waals surface area contributed by atoms with Crippen molar-refractivity contribution in [1.82, 2.24) is 0 Å². The minimum Gasteiger partial charge on any atom is -0.432 e. The Morgan fingerprint density at radius 3 is 2.68 bits per heavy atom. The second kappa shape index (κ2) is 6.65. The highest BCUT2D eigenvalue weighted by Gasteiger charge is 2.14. The molecule has 1 aliphatic heterocycles. The average molecular weight is 275 g/mol. The Morgan fingerprint density at radius 1 is 1.32 bits per heavy atom. The van der Waals surface area contributed by atoms with Crippen molar-refractivity contribution in [2.24, 2.45) is 5.92 Å². The molecule has 0 aliphatic carbocycles. The van der Waals surface area contributed by atoms with Gasteiger partial charge in [0.15, 0.2) is 11.6 Å². The zero-order valence-electron chi connectivity index (χ0n) is 10.4. The smallest absolute Gasteiger partial charge is 0.387 e. The first-order valence-corrected chi connectivity index (χ1v) is 6.21. The number of halogens is 3. The molecular formula is C13H16F3NO2. The maximum atomic E-state index is 13.5. The third-order valence-electron chi connectivity index (χ3n) is 3.08. The van der Waals surface area contributed by atoms with Gasteiger partial charge in [-0.15, -0.1) is 0 Å². The highest BCUT2D eigenvalue weighted by molar-refractivity contribution is 5.47. The first-order chi connectivity index (χ1) is 9.15. The summed E-state index contributed by atoms with van der Waals surface area (Å²) in [6.45, 7) is -0.794. The van der Waals surface area contributed by atoms with Gasteiger partial charge in [-0.05, 0) is 30.9 Å². The largest absolute Gasteiger partial charge is 0.432 e. The lowest BCUT2D eigenvalue weighted by molar-refractivity contribution is -0.0521. The van der Waals surface area contributed by atoms with Crippen molar-refractivity contribution >= 4 is 5.69 Å². The highest BCUT2D eigenvalue weighted by Crippen LogP contribution is 2.23. The van der Waals surface area contributed by atoms with Gasteiger partial charge in [-0.3, -0.25) is 0 Å². The lowest BCUT2D eigenvalue weighted by atomic mass is 10.0. The minimum absolute atomic E-state index is 0.438. The summed E-state index contributed by atoms with van der Waals surface area (Å²) in [6, 6.07) is 3.89. The predicted molar refractivity (Wildman–Crippen MR) is 65.1 cm³/mol. The van der Waals surface area contributed by atoms with E-state index in [0.29, 0.717) is 11.6 Å². The molecule has 0 aromatic heterocycles. The van der Waals surface area contributed by atoms with E-state index in [-0.39, 0.29) is 0 Å². The molecule has 106 valence electrons. The van der Waals surface area contributed by atoms with E-state index in [4.69, 9.17) is 4.74 Å². The molecule has 0 amide bonds. The van der Waals surface area contributed by atoms with Crippen LogP contribution in [0.5, 0.6) is 5.75 Å². The van der Waals surface area contributed by atoms with Crippen LogP contribution in [0.25, 0.3) is 0 Å². The molecule has 0 bridgehead atoms. The van der Waals surface area contributed by atoms with E-state index in [2.05, 4.69) is 10.1 Å². The Bertz CT molecular complexity index is 409. The summed E-state index contributed by atoms with van der Waals surface area (Å²) in [4.78, 5) is 0. The van der Waals surface area contributed by atoms with Crippen molar-refractivity contribution < 1.29 is 22.6 Å². The zero-order chi connectivity index (χ0) is 13.7. The van der Waals surface area contributed by atoms with Crippen molar-refractivity contribution in [3.63, 3.8) is 0 Å². The third-order valence-corrected chi connectivity index (χ3v) is 3.08. The standard InChI is InChI=1S/C13H16F3NO2/c14-11-7-10(1-2-12(11)19-13(15)16)17-8-9-3-5-18-6-4-9/h1-2,7,9,13,17H,3-6,8H2. The van der Waals surface area contributed by atoms with E-state index in [1.54, 1.807) is 0 Å². The van der Waals surface area contributed by atoms with E-state index in [1.165, 1.54) is 12.1 Å². The fraction of sp³-hybridized carbons (Fsp3) is 0.538. The topological polar surface area (TPSA) is 30.5 Å². The van der Waals surface area contributed by atoms with Crippen LogP contribution in [-0.4, -0.2) is 26.4 Å². The molecule has 1 aromatic rings. The van der Waals surface area contributed by atoms with Crippen molar-refractivity contribution in [2.75, 3.05) is 25.1 Å². The summed E-state index contributed by atoms with van der Waals surface area (Å²) >= 11 is 0. The molecule has 19 heavy (non-hydrogen) atoms. The summed E-state index contributed by atoms with van der Waals surface area (Å²) < 4.78 is 46.7. The lowest BCUT2D eigenvalue weighted by Crippen LogP contribution is -2.22. The maximum absolute atomic E-state index is 13.5. The van der Waals surface area contributed by atoms with Crippen molar-refractivity contribution in [2.45, 2.75) is 19.5 Å². The first kappa shape index (κ1) is 14.0. The monoisotopic (exact) mass is 275 g/mol. The van der Waals surface area contributed by atoms with Gasteiger partial charge in [0.05, 0.1) is 0 Å². The Kier molecular flexibility index (Phi) is 4.90. The van der Waals surface area contributed by atoms with Crippen LogP contribution in [0.15, 0.2) is 18.2 Å². The van der Waals surface area contributed by atoms with Crippen molar-refractivity contribution in [1.29, 1.82) is 0 Å². The number of nitrogens with one attached hydrogen (secondary N) is 1. The van der Waals surface area contributed by atoms with E-state index in [9.17, 15) is 13.2 Å². The van der Waals surface area contributed by atoms with E-state index in [0.717, 1.165) is 38.7 Å². The van der Waals surface area contributed by atoms with Crippen LogP contribution < -0.4 is 10.1 Å². The number of anilines is 1. The molecule has 2 rings (SSSR count). The summed E-state index contributed by atoms with van der Waals surface area (Å²) in [6.07, 6.45) is 1.95. The molecule has 1 aliphatic rings. The average Bonchev–Trinajstić information content (AvgIpc) is 2.40. The van der Waals surface area contributed by atoms with E-state index < -0.39 is 18.2 Å². The normalized spacial score (nSPS) is 16.6. The molecule has 1 heterocycles. The van der Waals surface area contributed by atoms with Gasteiger partial charge < -0.3 is 14.8 Å². The summed E-state index contributed by atoms with van der Waals surface area (Å²) in [5.41, 5.74) is 0.561. The third kappa shape index (κ3) is 4.31. The van der Waals surface area contributed by atoms with E-state index >= 15 is 0 Å². The SMILES string of the molecule is Fc1cc(NCC2CCOCC2)ccc1OC(F)F. The van der Waals surface area contributed by atoms with Gasteiger partial charge in [-0.25, -0.2) is 4.39 Å². The number of hydrogen-bond donors (Lipinski definition) is 1. The number of rotatable bonds is 5. The van der Waals surface area contributed by atoms with Gasteiger partial charge in [0.25, 0.3) is 0 Å². The van der Waals surface area contributed by atoms with Crippen LogP contribution >= 0.6 is 0 Å². The second-order valence-electron chi connectivity index (χ2n) is 4.46. The molecule has 0 spiro atoms. The summed E-state index contributed by atoms with van der Waals surface area (Å²) in [7, 11) is 0. The Balaban J connectivity index is 1.88. The summed E-state index contributed by atoms with van der Waals surface area (Å²) in [5.74, 6) is -0.738. The van der Waals surface area contributed by atoms with Gasteiger partial charge in [0.2, 0.25) is 0 Å². The molecule has 0 saturated carbocycles. The van der Waals surface area contributed by atoms with Gasteiger partial charge in [0, 0.05) is 31.5 Å². The second-order valence-corrected chi connectivity index (χ2v) is 4.46. The fourth-order valence-corrected chi connectivity index (χ4v) is 2.02. The highest BCUT2D eigenvalue weighted by atomic mass is 19.3. The van der Waals surface area contributed by atoms with Crippen LogP contribution in [0.4, 0.5) is 18.9 Å². The Hall–Kier alpha value is -1.43. The van der Waals surface area contributed by atoms with Gasteiger partial charge in [0.1, 0.15) is 0 Å². The predicted octanol–water partition coefficient (Wildman–Crippen LogP) is 3.27. The molecular weight excluding hydrogens is 259 g/mol. The van der Waals surface area contributed by atoms with E-state index in [1.807, 2.05) is 0 Å². The zero-order valence-corrected chi connectivity index (χ0v) is 10.4. The van der Waals surface area contributed by atoms with Gasteiger partial charge in [-0.1, -0.05) is 0 Å². The molecule has 1 fully saturated rings. The fourth-order valence-electron chi connectivity index (χ4n) is 2.02. The Morgan fingerprint density at radius 2 is 2.05 bits per heavy atom. The molecule has 6 heteroatoms. The van der Waals surface area contributed by atoms with Gasteiger partial charge in [-0.2, -0.15) is 8.78 Å². The molecule has 0 atom stereocenters. The number of hydrogen-bond acceptors (Lipinski definition) is 3. The molecule has 0 radical (unpaired) electrons. The lowest BCUT2D eigenvalue weighted by Gasteiger charge is -2.22. The van der Waals surface area contributed by atoms with Crippen molar-refractivity contribution in [3.8, 4) is 5.75 Å². The van der Waals surface area contributed by atoms with Crippen molar-refractivity contribution in [3.05, 3.63) is 24.0 Å². The molecule has 1 saturated heterocycles. The number of alkyl halides is 2. The van der Waals surface area contributed by atoms with Crippen LogP contribution in [0.3, 0.4) is 0 Å². The van der Waals surface area contributed by atoms with Crippen LogP contribution in [0.2, 0.25) is 0 Å². The maximum Gasteiger partial charge on any atom is 0.387 e. The molecule has 1 aromatic carbocycles. The minimum atomic E-state index is -3.02. The summed E-state index contributed by atoms with van der Waals surface area (Å²) in [5, 5.41) is 3.10. The first-order valence-electron chi connectivity index (χ1n) is 6.21. The van der Waals surface area contributed by atoms with Crippen LogP contribution in [-0.2, 0) is 4.74 Å². The molecule has 0 unspecified atom stereocenters. The van der Waals surface area contributed by atoms with Gasteiger partial charge >= 0.3 is 6.61 Å². The quantitative estimate of drug-likeness (QED) is 0.894. The molecule has 1 N–H and O–H groups in total. The van der Waals surface area contributed by atoms with Crippen LogP contribution in [0.1, 0.15) is 12.8 Å².